The lowest BCUT2D eigenvalue weighted by molar-refractivity contribution is -0.236. The number of amides is 2. The van der Waals surface area contributed by atoms with E-state index in [2.05, 4.69) is 10.5 Å². The van der Waals surface area contributed by atoms with Crippen molar-refractivity contribution in [1.29, 1.82) is 0 Å². The van der Waals surface area contributed by atoms with E-state index in [1.165, 1.54) is 0 Å². The Morgan fingerprint density at radius 2 is 1.95 bits per heavy atom. The SMILES string of the molecule is CC1(C)O[C@@H]2CO[C@]3(COC(C)(C)O3)/C(=N/NC(N)=O)[C@@H]2O1. The van der Waals surface area contributed by atoms with E-state index in [1.807, 2.05) is 0 Å². The van der Waals surface area contributed by atoms with Crippen LogP contribution in [0.25, 0.3) is 0 Å². The molecule has 1 spiro atoms. The number of carbonyl (C=O) groups is 1. The number of urea groups is 1. The molecule has 3 heterocycles. The Morgan fingerprint density at radius 1 is 1.23 bits per heavy atom. The van der Waals surface area contributed by atoms with Crippen molar-refractivity contribution in [3.63, 3.8) is 0 Å². The summed E-state index contributed by atoms with van der Waals surface area (Å²) in [7, 11) is 0. The van der Waals surface area contributed by atoms with Crippen LogP contribution in [0.5, 0.6) is 0 Å². The van der Waals surface area contributed by atoms with E-state index in [-0.39, 0.29) is 19.3 Å². The second-order valence-corrected chi connectivity index (χ2v) is 6.42. The number of ether oxygens (including phenoxy) is 5. The molecule has 124 valence electrons. The summed E-state index contributed by atoms with van der Waals surface area (Å²) in [6.45, 7) is 7.54. The van der Waals surface area contributed by atoms with Crippen molar-refractivity contribution in [2.24, 2.45) is 10.8 Å². The van der Waals surface area contributed by atoms with E-state index >= 15 is 0 Å². The van der Waals surface area contributed by atoms with E-state index in [0.29, 0.717) is 5.71 Å². The average molecular weight is 315 g/mol. The molecule has 0 saturated carbocycles. The van der Waals surface area contributed by atoms with Gasteiger partial charge in [0.1, 0.15) is 24.5 Å². The van der Waals surface area contributed by atoms with Crippen LogP contribution in [0, 0.1) is 0 Å². The quantitative estimate of drug-likeness (QED) is 0.660. The smallest absolute Gasteiger partial charge is 0.332 e. The van der Waals surface area contributed by atoms with Crippen LogP contribution < -0.4 is 11.2 Å². The minimum Gasteiger partial charge on any atom is -0.350 e. The highest BCUT2D eigenvalue weighted by molar-refractivity contribution is 5.97. The lowest BCUT2D eigenvalue weighted by atomic mass is 9.98. The van der Waals surface area contributed by atoms with Gasteiger partial charge in [0.05, 0.1) is 6.61 Å². The fraction of sp³-hybridized carbons (Fsp3) is 0.846. The number of fused-ring (bicyclic) bond motifs is 1. The van der Waals surface area contributed by atoms with Crippen LogP contribution in [-0.4, -0.2) is 54.5 Å². The normalized spacial score (nSPS) is 40.8. The predicted octanol–water partition coefficient (Wildman–Crippen LogP) is 0.0402. The van der Waals surface area contributed by atoms with Gasteiger partial charge in [0.15, 0.2) is 11.6 Å². The molecule has 9 heteroatoms. The van der Waals surface area contributed by atoms with Crippen molar-refractivity contribution in [2.45, 2.75) is 57.3 Å². The Bertz CT molecular complexity index is 518. The molecule has 0 radical (unpaired) electrons. The van der Waals surface area contributed by atoms with Crippen LogP contribution in [0.1, 0.15) is 27.7 Å². The Labute approximate surface area is 128 Å². The van der Waals surface area contributed by atoms with Crippen LogP contribution in [0.4, 0.5) is 4.79 Å². The third-order valence-electron chi connectivity index (χ3n) is 3.63. The molecule has 3 aliphatic heterocycles. The summed E-state index contributed by atoms with van der Waals surface area (Å²) in [4.78, 5) is 11.0. The van der Waals surface area contributed by atoms with Crippen molar-refractivity contribution in [3.8, 4) is 0 Å². The number of hydrogen-bond donors (Lipinski definition) is 2. The Hall–Kier alpha value is -1.26. The Morgan fingerprint density at radius 3 is 2.55 bits per heavy atom. The van der Waals surface area contributed by atoms with Crippen molar-refractivity contribution in [3.05, 3.63) is 0 Å². The first-order valence-electron chi connectivity index (χ1n) is 7.10. The first kappa shape index (κ1) is 15.6. The molecule has 0 aromatic rings. The highest BCUT2D eigenvalue weighted by Crippen LogP contribution is 2.42. The number of hydrogen-bond acceptors (Lipinski definition) is 7. The summed E-state index contributed by atoms with van der Waals surface area (Å²) in [5.41, 5.74) is 7.65. The first-order valence-corrected chi connectivity index (χ1v) is 7.10. The number of nitrogens with two attached hydrogens (primary N) is 1. The lowest BCUT2D eigenvalue weighted by Gasteiger charge is -2.38. The molecule has 3 saturated heterocycles. The number of nitrogens with one attached hydrogen (secondary N) is 1. The largest absolute Gasteiger partial charge is 0.350 e. The second-order valence-electron chi connectivity index (χ2n) is 6.42. The molecule has 2 amide bonds. The molecule has 3 aliphatic rings. The Balaban J connectivity index is 1.94. The molecule has 3 rings (SSSR count). The third kappa shape index (κ3) is 2.70. The van der Waals surface area contributed by atoms with Gasteiger partial charge in [-0.15, -0.1) is 0 Å². The molecule has 0 unspecified atom stereocenters. The molecule has 0 aromatic heterocycles. The maximum atomic E-state index is 11.0. The van der Waals surface area contributed by atoms with Crippen molar-refractivity contribution in [2.75, 3.05) is 13.2 Å². The molecule has 9 nitrogen and oxygen atoms in total. The van der Waals surface area contributed by atoms with Gasteiger partial charge in [-0.3, -0.25) is 0 Å². The summed E-state index contributed by atoms with van der Waals surface area (Å²) in [6.07, 6.45) is -0.866. The summed E-state index contributed by atoms with van der Waals surface area (Å²) in [5.74, 6) is -2.85. The molecular formula is C13H21N3O6. The zero-order valence-electron chi connectivity index (χ0n) is 13.0. The number of carbonyl (C=O) groups excluding carboxylic acids is 1. The zero-order chi connectivity index (χ0) is 16.2. The maximum absolute atomic E-state index is 11.0. The summed E-state index contributed by atoms with van der Waals surface area (Å²) >= 11 is 0. The van der Waals surface area contributed by atoms with Gasteiger partial charge in [0.2, 0.25) is 5.79 Å². The topological polar surface area (TPSA) is 114 Å². The first-order chi connectivity index (χ1) is 10.1. The van der Waals surface area contributed by atoms with Gasteiger partial charge in [0, 0.05) is 0 Å². The standard InChI is InChI=1S/C13H21N3O6/c1-11(2)19-6-13(22-11)9(15-16-10(14)17)8-7(5-18-13)20-12(3,4)21-8/h7-8H,5-6H2,1-4H3,(H3,14,16,17)/b15-9+/t7-,8-,13+/m1/s1. The zero-order valence-corrected chi connectivity index (χ0v) is 13.0. The Kier molecular flexibility index (Phi) is 3.46. The van der Waals surface area contributed by atoms with Gasteiger partial charge >= 0.3 is 6.03 Å². The number of hydrazone groups is 1. The van der Waals surface area contributed by atoms with E-state index in [9.17, 15) is 4.79 Å². The van der Waals surface area contributed by atoms with Crippen LogP contribution in [0.2, 0.25) is 0 Å². The predicted molar refractivity (Wildman–Crippen MR) is 73.8 cm³/mol. The molecule has 0 aliphatic carbocycles. The molecule has 3 fully saturated rings. The van der Waals surface area contributed by atoms with Crippen LogP contribution >= 0.6 is 0 Å². The molecular weight excluding hydrogens is 294 g/mol. The van der Waals surface area contributed by atoms with Crippen molar-refractivity contribution < 1.29 is 28.5 Å². The van der Waals surface area contributed by atoms with E-state index in [1.54, 1.807) is 27.7 Å². The van der Waals surface area contributed by atoms with Gasteiger partial charge < -0.3 is 29.4 Å². The summed E-state index contributed by atoms with van der Waals surface area (Å²) < 4.78 is 29.0. The van der Waals surface area contributed by atoms with Gasteiger partial charge in [0.25, 0.3) is 0 Å². The fourth-order valence-electron chi connectivity index (χ4n) is 2.88. The highest BCUT2D eigenvalue weighted by atomic mass is 16.8. The summed E-state index contributed by atoms with van der Waals surface area (Å²) in [5, 5.41) is 4.05. The number of nitrogens with zero attached hydrogens (tertiary/aromatic N) is 1. The minimum absolute atomic E-state index is 0.131. The lowest BCUT2D eigenvalue weighted by Crippen LogP contribution is -2.59. The summed E-state index contributed by atoms with van der Waals surface area (Å²) in [6, 6.07) is -0.791. The van der Waals surface area contributed by atoms with Crippen LogP contribution in [-0.2, 0) is 23.7 Å². The molecule has 0 bridgehead atoms. The van der Waals surface area contributed by atoms with Crippen molar-refractivity contribution >= 4 is 11.7 Å². The van der Waals surface area contributed by atoms with Crippen LogP contribution in [0.3, 0.4) is 0 Å². The molecule has 0 aromatic carbocycles. The molecule has 3 atom stereocenters. The van der Waals surface area contributed by atoms with E-state index in [0.717, 1.165) is 0 Å². The number of rotatable bonds is 1. The maximum Gasteiger partial charge on any atom is 0.332 e. The van der Waals surface area contributed by atoms with Crippen LogP contribution in [0.15, 0.2) is 5.10 Å². The van der Waals surface area contributed by atoms with Gasteiger partial charge in [-0.05, 0) is 27.7 Å². The number of primary amides is 1. The van der Waals surface area contributed by atoms with Gasteiger partial charge in [-0.25, -0.2) is 10.2 Å². The highest BCUT2D eigenvalue weighted by Gasteiger charge is 2.61. The van der Waals surface area contributed by atoms with Crippen molar-refractivity contribution in [1.82, 2.24) is 5.43 Å². The third-order valence-corrected chi connectivity index (χ3v) is 3.63. The van der Waals surface area contributed by atoms with Gasteiger partial charge in [-0.1, -0.05) is 0 Å². The molecule has 22 heavy (non-hydrogen) atoms. The average Bonchev–Trinajstić information content (AvgIpc) is 2.84. The second kappa shape index (κ2) is 4.87. The molecule has 3 N–H and O–H groups in total. The van der Waals surface area contributed by atoms with Gasteiger partial charge in [-0.2, -0.15) is 5.10 Å². The van der Waals surface area contributed by atoms with E-state index in [4.69, 9.17) is 29.4 Å². The minimum atomic E-state index is -1.23. The monoisotopic (exact) mass is 315 g/mol. The van der Waals surface area contributed by atoms with E-state index < -0.39 is 29.5 Å². The fourth-order valence-corrected chi connectivity index (χ4v) is 2.88.